The van der Waals surface area contributed by atoms with Gasteiger partial charge in [-0.25, -0.2) is 9.37 Å². The first-order valence-corrected chi connectivity index (χ1v) is 11.8. The molecule has 0 radical (unpaired) electrons. The Morgan fingerprint density at radius 3 is 2.24 bits per heavy atom. The van der Waals surface area contributed by atoms with E-state index >= 15 is 4.39 Å². The molecule has 3 aromatic rings. The Kier molecular flexibility index (Phi) is 7.47. The molecule has 0 saturated carbocycles. The van der Waals surface area contributed by atoms with E-state index in [-0.39, 0.29) is 11.8 Å². The largest absolute Gasteiger partial charge is 0.493 e. The smallest absolute Gasteiger partial charge is 0.221 e. The average Bonchev–Trinajstić information content (AvgIpc) is 3.31. The van der Waals surface area contributed by atoms with E-state index in [1.54, 1.807) is 12.3 Å². The number of nitrogen functional groups attached to an aromatic ring is 2. The number of hydrogen-bond acceptors (Lipinski definition) is 7. The average molecular weight is 466 g/mol. The summed E-state index contributed by atoms with van der Waals surface area (Å²) in [6, 6.07) is 9.27. The third kappa shape index (κ3) is 5.39. The van der Waals surface area contributed by atoms with Gasteiger partial charge in [0.05, 0.1) is 18.8 Å². The van der Waals surface area contributed by atoms with Gasteiger partial charge in [0.2, 0.25) is 5.95 Å². The minimum absolute atomic E-state index is 0.136. The summed E-state index contributed by atoms with van der Waals surface area (Å²) in [4.78, 5) is 10.4. The van der Waals surface area contributed by atoms with Gasteiger partial charge in [-0.3, -0.25) is 4.90 Å². The summed E-state index contributed by atoms with van der Waals surface area (Å²) in [6.07, 6.45) is 4.46. The van der Waals surface area contributed by atoms with Crippen LogP contribution in [0.25, 0.3) is 11.1 Å². The van der Waals surface area contributed by atoms with Gasteiger partial charge < -0.3 is 20.9 Å². The van der Waals surface area contributed by atoms with E-state index in [4.69, 9.17) is 20.9 Å². The highest BCUT2D eigenvalue weighted by molar-refractivity contribution is 5.78. The summed E-state index contributed by atoms with van der Waals surface area (Å²) < 4.78 is 27.1. The van der Waals surface area contributed by atoms with Crippen LogP contribution in [0.4, 0.5) is 16.2 Å². The van der Waals surface area contributed by atoms with Gasteiger partial charge in [-0.1, -0.05) is 12.1 Å². The van der Waals surface area contributed by atoms with Crippen LogP contribution in [0, 0.1) is 5.82 Å². The number of ether oxygens (including phenoxy) is 2. The van der Waals surface area contributed by atoms with Crippen molar-refractivity contribution in [2.75, 3.05) is 37.8 Å². The summed E-state index contributed by atoms with van der Waals surface area (Å²) in [5, 5.41) is 0. The molecule has 4 N–H and O–H groups in total. The van der Waals surface area contributed by atoms with Gasteiger partial charge in [0, 0.05) is 30.3 Å². The maximum Gasteiger partial charge on any atom is 0.221 e. The van der Waals surface area contributed by atoms with Crippen molar-refractivity contribution in [2.45, 2.75) is 39.7 Å². The van der Waals surface area contributed by atoms with E-state index in [2.05, 4.69) is 14.9 Å². The summed E-state index contributed by atoms with van der Waals surface area (Å²) in [5.74, 6) is 1.51. The summed E-state index contributed by atoms with van der Waals surface area (Å²) in [7, 11) is 0. The fourth-order valence-corrected chi connectivity index (χ4v) is 4.37. The van der Waals surface area contributed by atoms with Crippen molar-refractivity contribution >= 4 is 11.8 Å². The Morgan fingerprint density at radius 1 is 0.971 bits per heavy atom. The molecule has 0 unspecified atom stereocenters. The van der Waals surface area contributed by atoms with Crippen molar-refractivity contribution < 1.29 is 13.9 Å². The molecular weight excluding hydrogens is 433 g/mol. The quantitative estimate of drug-likeness (QED) is 0.482. The van der Waals surface area contributed by atoms with Crippen molar-refractivity contribution in [3.05, 3.63) is 59.0 Å². The van der Waals surface area contributed by atoms with Crippen LogP contribution in [0.5, 0.6) is 11.5 Å². The Morgan fingerprint density at radius 2 is 1.65 bits per heavy atom. The molecule has 1 aromatic heterocycles. The van der Waals surface area contributed by atoms with E-state index in [1.165, 1.54) is 12.8 Å². The molecule has 1 saturated heterocycles. The molecule has 7 nitrogen and oxygen atoms in total. The topological polar surface area (TPSA) is 99.5 Å². The summed E-state index contributed by atoms with van der Waals surface area (Å²) in [5.41, 5.74) is 15.5. The number of nitrogens with two attached hydrogens (primary N) is 2. The maximum absolute atomic E-state index is 15.1. The number of rotatable bonds is 9. The molecule has 1 aliphatic rings. The molecule has 8 heteroatoms. The number of hydrogen-bond donors (Lipinski definition) is 2. The Bertz CT molecular complexity index is 1120. The van der Waals surface area contributed by atoms with E-state index < -0.39 is 0 Å². The third-order valence-corrected chi connectivity index (χ3v) is 5.97. The predicted molar refractivity (Wildman–Crippen MR) is 132 cm³/mol. The second-order valence-electron chi connectivity index (χ2n) is 8.44. The second kappa shape index (κ2) is 10.7. The Balaban J connectivity index is 1.71. The molecule has 4 rings (SSSR count). The standard InChI is InChI=1S/C26H32FN5O2/c1-3-33-22-12-17(11-20-15-30-26(29)31-25(20)28)13-23(34-4-2)24(22)18-7-8-19(21(27)14-18)16-32-9-5-6-10-32/h7-8,12-15H,3-6,9-11,16H2,1-2H3,(H4,28,29,30,31). The predicted octanol–water partition coefficient (Wildman–Crippen LogP) is 4.43. The van der Waals surface area contributed by atoms with Gasteiger partial charge in [0.25, 0.3) is 0 Å². The number of anilines is 2. The minimum atomic E-state index is -0.217. The number of benzene rings is 2. The van der Waals surface area contributed by atoms with Gasteiger partial charge >= 0.3 is 0 Å². The van der Waals surface area contributed by atoms with Crippen molar-refractivity contribution in [1.82, 2.24) is 14.9 Å². The molecular formula is C26H32FN5O2. The zero-order valence-corrected chi connectivity index (χ0v) is 19.8. The number of aromatic nitrogens is 2. The van der Waals surface area contributed by atoms with Gasteiger partial charge in [-0.15, -0.1) is 0 Å². The highest BCUT2D eigenvalue weighted by Gasteiger charge is 2.19. The van der Waals surface area contributed by atoms with Gasteiger partial charge in [0.1, 0.15) is 23.1 Å². The van der Waals surface area contributed by atoms with Gasteiger partial charge in [-0.05, 0) is 69.1 Å². The number of likely N-dealkylation sites (tertiary alicyclic amines) is 1. The van der Waals surface area contributed by atoms with Crippen LogP contribution in [-0.4, -0.2) is 41.2 Å². The van der Waals surface area contributed by atoms with Crippen molar-refractivity contribution in [2.24, 2.45) is 0 Å². The van der Waals surface area contributed by atoms with E-state index in [1.807, 2.05) is 38.1 Å². The van der Waals surface area contributed by atoms with Crippen LogP contribution < -0.4 is 20.9 Å². The fraction of sp³-hybridized carbons (Fsp3) is 0.385. The molecule has 1 fully saturated rings. The Labute approximate surface area is 199 Å². The lowest BCUT2D eigenvalue weighted by Crippen LogP contribution is -2.19. The first-order chi connectivity index (χ1) is 16.5. The SMILES string of the molecule is CCOc1cc(Cc2cnc(N)nc2N)cc(OCC)c1-c1ccc(CN2CCCC2)c(F)c1. The van der Waals surface area contributed by atoms with Crippen molar-refractivity contribution in [3.63, 3.8) is 0 Å². The number of nitrogens with zero attached hydrogens (tertiary/aromatic N) is 3. The molecule has 1 aliphatic heterocycles. The Hall–Kier alpha value is -3.39. The minimum Gasteiger partial charge on any atom is -0.493 e. The van der Waals surface area contributed by atoms with Crippen molar-refractivity contribution in [1.29, 1.82) is 0 Å². The highest BCUT2D eigenvalue weighted by atomic mass is 19.1. The monoisotopic (exact) mass is 465 g/mol. The molecule has 0 atom stereocenters. The molecule has 180 valence electrons. The molecule has 2 heterocycles. The lowest BCUT2D eigenvalue weighted by molar-refractivity contribution is 0.324. The molecule has 0 spiro atoms. The highest BCUT2D eigenvalue weighted by Crippen LogP contribution is 2.41. The summed E-state index contributed by atoms with van der Waals surface area (Å²) in [6.45, 7) is 7.44. The van der Waals surface area contributed by atoms with E-state index in [0.717, 1.165) is 35.3 Å². The van der Waals surface area contributed by atoms with Gasteiger partial charge in [0.15, 0.2) is 0 Å². The third-order valence-electron chi connectivity index (χ3n) is 5.97. The second-order valence-corrected chi connectivity index (χ2v) is 8.44. The lowest BCUT2D eigenvalue weighted by Gasteiger charge is -2.19. The van der Waals surface area contributed by atoms with Crippen LogP contribution in [0.15, 0.2) is 36.5 Å². The van der Waals surface area contributed by atoms with Crippen LogP contribution in [0.2, 0.25) is 0 Å². The van der Waals surface area contributed by atoms with E-state index in [0.29, 0.717) is 49.1 Å². The van der Waals surface area contributed by atoms with Crippen LogP contribution in [0.3, 0.4) is 0 Å². The van der Waals surface area contributed by atoms with E-state index in [9.17, 15) is 0 Å². The van der Waals surface area contributed by atoms with Gasteiger partial charge in [-0.2, -0.15) is 4.98 Å². The van der Waals surface area contributed by atoms with Crippen LogP contribution in [0.1, 0.15) is 43.4 Å². The molecule has 0 amide bonds. The molecule has 0 aliphatic carbocycles. The molecule has 34 heavy (non-hydrogen) atoms. The fourth-order valence-electron chi connectivity index (χ4n) is 4.37. The normalized spacial score (nSPS) is 13.9. The first-order valence-electron chi connectivity index (χ1n) is 11.8. The molecule has 0 bridgehead atoms. The molecule has 2 aromatic carbocycles. The zero-order valence-electron chi connectivity index (χ0n) is 19.8. The maximum atomic E-state index is 15.1. The van der Waals surface area contributed by atoms with Crippen LogP contribution >= 0.6 is 0 Å². The van der Waals surface area contributed by atoms with Crippen molar-refractivity contribution in [3.8, 4) is 22.6 Å². The lowest BCUT2D eigenvalue weighted by atomic mass is 9.97. The summed E-state index contributed by atoms with van der Waals surface area (Å²) >= 11 is 0. The zero-order chi connectivity index (χ0) is 24.1. The number of halogens is 1. The first kappa shape index (κ1) is 23.8. The van der Waals surface area contributed by atoms with Crippen LogP contribution in [-0.2, 0) is 13.0 Å².